The quantitative estimate of drug-likeness (QED) is 0.670. The van der Waals surface area contributed by atoms with E-state index in [1.807, 2.05) is 35.5 Å². The Labute approximate surface area is 112 Å². The minimum Gasteiger partial charge on any atom is -0.299 e. The number of nitrogens with zero attached hydrogens (tertiary/aromatic N) is 2. The van der Waals surface area contributed by atoms with Crippen LogP contribution >= 0.6 is 11.9 Å². The SMILES string of the molecule is CCc1ccccc1N1C(=N)SN(CC)C1C=O. The molecule has 0 amide bonds. The summed E-state index contributed by atoms with van der Waals surface area (Å²) in [4.78, 5) is 13.1. The number of hydrogen-bond acceptors (Lipinski definition) is 4. The highest BCUT2D eigenvalue weighted by molar-refractivity contribution is 8.12. The van der Waals surface area contributed by atoms with E-state index in [-0.39, 0.29) is 6.17 Å². The van der Waals surface area contributed by atoms with Gasteiger partial charge in [-0.25, -0.2) is 4.31 Å². The van der Waals surface area contributed by atoms with Crippen molar-refractivity contribution >= 4 is 29.1 Å². The Bertz CT molecular complexity index is 463. The van der Waals surface area contributed by atoms with Crippen molar-refractivity contribution in [1.82, 2.24) is 4.31 Å². The summed E-state index contributed by atoms with van der Waals surface area (Å²) in [6.45, 7) is 4.81. The second-order valence-electron chi connectivity index (χ2n) is 4.03. The molecular weight excluding hydrogens is 246 g/mol. The van der Waals surface area contributed by atoms with Gasteiger partial charge in [-0.15, -0.1) is 0 Å². The summed E-state index contributed by atoms with van der Waals surface area (Å²) in [5, 5.41) is 8.48. The van der Waals surface area contributed by atoms with Gasteiger partial charge in [0.2, 0.25) is 0 Å². The van der Waals surface area contributed by atoms with Crippen LogP contribution in [0.4, 0.5) is 5.69 Å². The number of hydrogen-bond donors (Lipinski definition) is 1. The van der Waals surface area contributed by atoms with E-state index < -0.39 is 0 Å². The average Bonchev–Trinajstić information content (AvgIpc) is 2.74. The van der Waals surface area contributed by atoms with Gasteiger partial charge in [0.1, 0.15) is 0 Å². The summed E-state index contributed by atoms with van der Waals surface area (Å²) in [5.41, 5.74) is 2.12. The van der Waals surface area contributed by atoms with Crippen LogP contribution in [0.15, 0.2) is 24.3 Å². The Morgan fingerprint density at radius 1 is 1.39 bits per heavy atom. The highest BCUT2D eigenvalue weighted by Gasteiger charge is 2.37. The van der Waals surface area contributed by atoms with Crippen molar-refractivity contribution in [1.29, 1.82) is 5.41 Å². The summed E-state index contributed by atoms with van der Waals surface area (Å²) < 4.78 is 1.92. The number of benzene rings is 1. The molecule has 1 aliphatic rings. The van der Waals surface area contributed by atoms with E-state index in [1.165, 1.54) is 11.9 Å². The van der Waals surface area contributed by atoms with E-state index in [9.17, 15) is 4.79 Å². The number of carbonyl (C=O) groups is 1. The van der Waals surface area contributed by atoms with E-state index in [1.54, 1.807) is 4.90 Å². The number of para-hydroxylation sites is 1. The summed E-state index contributed by atoms with van der Waals surface area (Å²) >= 11 is 1.33. The zero-order chi connectivity index (χ0) is 13.1. The van der Waals surface area contributed by atoms with Gasteiger partial charge in [-0.1, -0.05) is 32.0 Å². The summed E-state index contributed by atoms with van der Waals surface area (Å²) in [5.74, 6) is 0. The topological polar surface area (TPSA) is 47.4 Å². The maximum atomic E-state index is 11.3. The molecule has 1 aliphatic heterocycles. The van der Waals surface area contributed by atoms with Crippen molar-refractivity contribution in [3.05, 3.63) is 29.8 Å². The molecule has 5 heteroatoms. The predicted octanol–water partition coefficient (Wildman–Crippen LogP) is 2.50. The summed E-state index contributed by atoms with van der Waals surface area (Å²) in [7, 11) is 0. The fourth-order valence-corrected chi connectivity index (χ4v) is 3.03. The first-order valence-corrected chi connectivity index (χ1v) is 6.85. The predicted molar refractivity (Wildman–Crippen MR) is 75.8 cm³/mol. The fraction of sp³-hybridized carbons (Fsp3) is 0.385. The Morgan fingerprint density at radius 2 is 2.11 bits per heavy atom. The third-order valence-corrected chi connectivity index (χ3v) is 4.13. The number of carbonyl (C=O) groups excluding carboxylic acids is 1. The normalized spacial score (nSPS) is 20.4. The number of anilines is 1. The molecule has 1 atom stereocenters. The van der Waals surface area contributed by atoms with Crippen molar-refractivity contribution in [2.24, 2.45) is 0 Å². The van der Waals surface area contributed by atoms with Gasteiger partial charge in [0.15, 0.2) is 17.6 Å². The second kappa shape index (κ2) is 5.54. The lowest BCUT2D eigenvalue weighted by molar-refractivity contribution is -0.110. The molecule has 0 aliphatic carbocycles. The third-order valence-electron chi connectivity index (χ3n) is 3.05. The second-order valence-corrected chi connectivity index (χ2v) is 5.07. The lowest BCUT2D eigenvalue weighted by Crippen LogP contribution is -2.41. The van der Waals surface area contributed by atoms with Crippen molar-refractivity contribution in [3.8, 4) is 0 Å². The van der Waals surface area contributed by atoms with Gasteiger partial charge in [0.25, 0.3) is 0 Å². The van der Waals surface area contributed by atoms with Crippen LogP contribution in [0.25, 0.3) is 0 Å². The molecule has 0 saturated carbocycles. The molecule has 1 heterocycles. The number of aryl methyl sites for hydroxylation is 1. The largest absolute Gasteiger partial charge is 0.299 e. The van der Waals surface area contributed by atoms with E-state index >= 15 is 0 Å². The standard InChI is InChI=1S/C13H17N3OS/c1-3-10-7-5-6-8-11(10)16-12(9-17)15(4-2)18-13(16)14/h5-9,12,14H,3-4H2,1-2H3. The Hall–Kier alpha value is -1.33. The molecule has 2 rings (SSSR count). The fourth-order valence-electron chi connectivity index (χ4n) is 2.14. The van der Waals surface area contributed by atoms with Crippen LogP contribution < -0.4 is 4.90 Å². The molecule has 96 valence electrons. The average molecular weight is 263 g/mol. The van der Waals surface area contributed by atoms with Crippen LogP contribution in [-0.2, 0) is 11.2 Å². The van der Waals surface area contributed by atoms with Crippen LogP contribution in [0.1, 0.15) is 19.4 Å². The maximum Gasteiger partial charge on any atom is 0.178 e. The lowest BCUT2D eigenvalue weighted by Gasteiger charge is -2.26. The zero-order valence-corrected chi connectivity index (χ0v) is 11.4. The Balaban J connectivity index is 2.42. The zero-order valence-electron chi connectivity index (χ0n) is 10.6. The molecule has 0 radical (unpaired) electrons. The van der Waals surface area contributed by atoms with Crippen molar-refractivity contribution in [2.75, 3.05) is 11.4 Å². The van der Waals surface area contributed by atoms with Crippen molar-refractivity contribution < 1.29 is 4.79 Å². The van der Waals surface area contributed by atoms with E-state index in [4.69, 9.17) is 5.41 Å². The van der Waals surface area contributed by atoms with E-state index in [0.29, 0.717) is 5.17 Å². The molecule has 1 N–H and O–H groups in total. The van der Waals surface area contributed by atoms with Crippen LogP contribution in [0.5, 0.6) is 0 Å². The minimum atomic E-state index is -0.375. The number of rotatable bonds is 4. The molecule has 1 fully saturated rings. The Morgan fingerprint density at radius 3 is 2.72 bits per heavy atom. The first-order valence-electron chi connectivity index (χ1n) is 6.08. The summed E-state index contributed by atoms with van der Waals surface area (Å²) in [6.07, 6.45) is 1.42. The van der Waals surface area contributed by atoms with Gasteiger partial charge in [-0.05, 0) is 30.0 Å². The van der Waals surface area contributed by atoms with Crippen LogP contribution in [0.2, 0.25) is 0 Å². The van der Waals surface area contributed by atoms with Crippen molar-refractivity contribution in [2.45, 2.75) is 26.4 Å². The van der Waals surface area contributed by atoms with Crippen molar-refractivity contribution in [3.63, 3.8) is 0 Å². The number of amidine groups is 1. The molecule has 1 aromatic carbocycles. The first-order chi connectivity index (χ1) is 8.72. The smallest absolute Gasteiger partial charge is 0.178 e. The molecule has 1 aromatic rings. The molecule has 18 heavy (non-hydrogen) atoms. The maximum absolute atomic E-state index is 11.3. The number of aldehydes is 1. The highest BCUT2D eigenvalue weighted by Crippen LogP contribution is 2.34. The number of likely N-dealkylation sites (N-methyl/N-ethyl adjacent to an activating group) is 1. The van der Waals surface area contributed by atoms with Crippen LogP contribution in [0, 0.1) is 5.41 Å². The molecule has 1 saturated heterocycles. The summed E-state index contributed by atoms with van der Waals surface area (Å²) in [6, 6.07) is 7.96. The highest BCUT2D eigenvalue weighted by atomic mass is 32.2. The van der Waals surface area contributed by atoms with E-state index in [0.717, 1.165) is 30.5 Å². The van der Waals surface area contributed by atoms with Gasteiger partial charge in [0.05, 0.1) is 0 Å². The minimum absolute atomic E-state index is 0.375. The molecule has 0 aromatic heterocycles. The van der Waals surface area contributed by atoms with Gasteiger partial charge in [0, 0.05) is 12.2 Å². The molecule has 1 unspecified atom stereocenters. The molecular formula is C13H17N3OS. The monoisotopic (exact) mass is 263 g/mol. The van der Waals surface area contributed by atoms with Gasteiger partial charge >= 0.3 is 0 Å². The van der Waals surface area contributed by atoms with Gasteiger partial charge in [-0.2, -0.15) is 0 Å². The molecule has 4 nitrogen and oxygen atoms in total. The van der Waals surface area contributed by atoms with E-state index in [2.05, 4.69) is 6.92 Å². The first kappa shape index (κ1) is 13.1. The lowest BCUT2D eigenvalue weighted by atomic mass is 10.1. The van der Waals surface area contributed by atoms with Crippen LogP contribution in [0.3, 0.4) is 0 Å². The molecule has 0 bridgehead atoms. The van der Waals surface area contributed by atoms with Gasteiger partial charge in [-0.3, -0.25) is 15.1 Å². The third kappa shape index (κ3) is 2.15. The number of nitrogens with one attached hydrogen (secondary N) is 1. The van der Waals surface area contributed by atoms with Crippen LogP contribution in [-0.4, -0.2) is 28.5 Å². The molecule has 0 spiro atoms. The Kier molecular flexibility index (Phi) is 4.04. The van der Waals surface area contributed by atoms with Gasteiger partial charge < -0.3 is 0 Å².